The molecule has 1 aromatic carbocycles. The first kappa shape index (κ1) is 30.4. The van der Waals surface area contributed by atoms with E-state index in [2.05, 4.69) is 20.9 Å². The Bertz CT molecular complexity index is 1480. The highest BCUT2D eigenvalue weighted by molar-refractivity contribution is 5.99. The summed E-state index contributed by atoms with van der Waals surface area (Å²) in [6, 6.07) is 5.66. The number of nitrogens with zero attached hydrogens (tertiary/aromatic N) is 5. The summed E-state index contributed by atoms with van der Waals surface area (Å²) in [6.07, 6.45) is 4.04. The molecule has 3 heterocycles. The maximum absolute atomic E-state index is 14.1. The Morgan fingerprint density at radius 3 is 2.69 bits per heavy atom. The van der Waals surface area contributed by atoms with Crippen LogP contribution in [0.3, 0.4) is 0 Å². The molecular weight excluding hydrogens is 545 g/mol. The van der Waals surface area contributed by atoms with Crippen molar-refractivity contribution in [3.05, 3.63) is 75.7 Å². The molecule has 1 aliphatic rings. The number of carbonyl (C=O) groups is 3. The van der Waals surface area contributed by atoms with Crippen molar-refractivity contribution in [1.29, 1.82) is 0 Å². The molecule has 2 aromatic heterocycles. The van der Waals surface area contributed by atoms with Gasteiger partial charge in [-0.1, -0.05) is 19.1 Å². The van der Waals surface area contributed by atoms with Crippen molar-refractivity contribution in [3.63, 3.8) is 0 Å². The fraction of sp³-hybridized carbons (Fsp3) is 0.448. The molecule has 1 atom stereocenters. The van der Waals surface area contributed by atoms with Crippen molar-refractivity contribution < 1.29 is 23.5 Å². The van der Waals surface area contributed by atoms with Crippen molar-refractivity contribution in [2.24, 2.45) is 5.92 Å². The first-order chi connectivity index (χ1) is 20.1. The van der Waals surface area contributed by atoms with Crippen molar-refractivity contribution in [3.8, 4) is 5.75 Å². The fourth-order valence-electron chi connectivity index (χ4n) is 4.64. The average Bonchev–Trinajstić information content (AvgIpc) is 3.41. The number of pyridine rings is 1. The molecule has 1 aliphatic heterocycles. The van der Waals surface area contributed by atoms with Crippen LogP contribution < -0.4 is 20.9 Å². The van der Waals surface area contributed by atoms with E-state index in [9.17, 15) is 23.6 Å². The monoisotopic (exact) mass is 581 g/mol. The largest absolute Gasteiger partial charge is 0.491 e. The zero-order valence-electron chi connectivity index (χ0n) is 24.0. The van der Waals surface area contributed by atoms with E-state index in [0.717, 1.165) is 6.07 Å². The van der Waals surface area contributed by atoms with Gasteiger partial charge in [0.1, 0.15) is 24.2 Å². The molecule has 0 fully saturated rings. The lowest BCUT2D eigenvalue weighted by Gasteiger charge is -2.25. The van der Waals surface area contributed by atoms with Crippen LogP contribution in [0.5, 0.6) is 5.75 Å². The Kier molecular flexibility index (Phi) is 10.0. The van der Waals surface area contributed by atoms with E-state index in [4.69, 9.17) is 4.74 Å². The lowest BCUT2D eigenvalue weighted by Crippen LogP contribution is -2.49. The normalized spacial score (nSPS) is 17.0. The van der Waals surface area contributed by atoms with Crippen LogP contribution in [0.2, 0.25) is 0 Å². The summed E-state index contributed by atoms with van der Waals surface area (Å²) in [5.41, 5.74) is 0.573. The number of carbonyl (C=O) groups excluding carboxylic acids is 3. The first-order valence-corrected chi connectivity index (χ1v) is 14.0. The van der Waals surface area contributed by atoms with Gasteiger partial charge in [-0.2, -0.15) is 0 Å². The number of halogens is 1. The highest BCUT2D eigenvalue weighted by atomic mass is 19.1. The fourth-order valence-corrected chi connectivity index (χ4v) is 4.64. The third-order valence-electron chi connectivity index (χ3n) is 6.87. The molecule has 4 rings (SSSR count). The van der Waals surface area contributed by atoms with Crippen LogP contribution in [0.15, 0.2) is 47.5 Å². The van der Waals surface area contributed by atoms with Crippen LogP contribution in [0, 0.1) is 11.7 Å². The minimum Gasteiger partial charge on any atom is -0.491 e. The smallest absolute Gasteiger partial charge is 0.255 e. The molecule has 3 aromatic rings. The number of hydrogen-bond acceptors (Lipinski definition) is 7. The molecule has 0 spiro atoms. The van der Waals surface area contributed by atoms with E-state index in [1.165, 1.54) is 22.8 Å². The summed E-state index contributed by atoms with van der Waals surface area (Å²) in [6.45, 7) is 7.11. The standard InChI is InChI=1S/C29H36FN7O5/c1-4-35-10-7-20(16-26(35)38)29(41)36-11-8-22-18-37(34-33-22)13-14-42-25-6-5-21(30)17-23(25)27(39)32-24(15-19(2)3)28(40)31-9-12-36/h5-7,10,16-19,24H,4,8-9,11-15H2,1-3H3,(H,31,40)(H,32,39)/t24-/m1/s1. The molecule has 2 bridgehead atoms. The molecule has 224 valence electrons. The van der Waals surface area contributed by atoms with E-state index >= 15 is 0 Å². The molecule has 3 amide bonds. The summed E-state index contributed by atoms with van der Waals surface area (Å²) in [7, 11) is 0. The molecule has 0 unspecified atom stereocenters. The van der Waals surface area contributed by atoms with E-state index in [1.54, 1.807) is 28.0 Å². The van der Waals surface area contributed by atoms with Crippen LogP contribution >= 0.6 is 0 Å². The van der Waals surface area contributed by atoms with Crippen LogP contribution in [0.1, 0.15) is 53.6 Å². The van der Waals surface area contributed by atoms with Crippen molar-refractivity contribution >= 4 is 17.7 Å². The first-order valence-electron chi connectivity index (χ1n) is 14.0. The maximum Gasteiger partial charge on any atom is 0.255 e. The molecule has 12 nitrogen and oxygen atoms in total. The summed E-state index contributed by atoms with van der Waals surface area (Å²) in [5, 5.41) is 13.8. The molecule has 2 N–H and O–H groups in total. The SMILES string of the molecule is CCn1ccc(C(=O)N2CCNC(=O)[C@@H](CC(C)C)NC(=O)c3cc(F)ccc3OCCn3cc(nn3)CC2)cc1=O. The van der Waals surface area contributed by atoms with E-state index < -0.39 is 23.7 Å². The Balaban J connectivity index is 1.60. The van der Waals surface area contributed by atoms with Gasteiger partial charge in [-0.3, -0.25) is 19.2 Å². The Morgan fingerprint density at radius 2 is 1.95 bits per heavy atom. The van der Waals surface area contributed by atoms with E-state index in [0.29, 0.717) is 31.6 Å². The lowest BCUT2D eigenvalue weighted by molar-refractivity contribution is -0.123. The second-order valence-electron chi connectivity index (χ2n) is 10.5. The molecule has 0 radical (unpaired) electrons. The lowest BCUT2D eigenvalue weighted by atomic mass is 10.0. The van der Waals surface area contributed by atoms with Gasteiger partial charge in [0.15, 0.2) is 0 Å². The minimum atomic E-state index is -0.900. The number of rotatable bonds is 4. The van der Waals surface area contributed by atoms with Crippen LogP contribution in [-0.4, -0.2) is 74.5 Å². The Morgan fingerprint density at radius 1 is 1.14 bits per heavy atom. The van der Waals surface area contributed by atoms with E-state index in [-0.39, 0.29) is 60.5 Å². The molecule has 13 heteroatoms. The number of amides is 3. The number of aromatic nitrogens is 4. The van der Waals surface area contributed by atoms with Crippen molar-refractivity contribution in [1.82, 2.24) is 35.1 Å². The van der Waals surface area contributed by atoms with Gasteiger partial charge >= 0.3 is 0 Å². The van der Waals surface area contributed by atoms with Gasteiger partial charge in [0.25, 0.3) is 17.4 Å². The molecule has 0 aliphatic carbocycles. The zero-order valence-corrected chi connectivity index (χ0v) is 24.0. The summed E-state index contributed by atoms with van der Waals surface area (Å²) < 4.78 is 23.0. The topological polar surface area (TPSA) is 140 Å². The average molecular weight is 582 g/mol. The second kappa shape index (κ2) is 13.9. The predicted molar refractivity (Wildman–Crippen MR) is 152 cm³/mol. The second-order valence-corrected chi connectivity index (χ2v) is 10.5. The van der Waals surface area contributed by atoms with Crippen LogP contribution in [0.25, 0.3) is 0 Å². The quantitative estimate of drug-likeness (QED) is 0.477. The summed E-state index contributed by atoms with van der Waals surface area (Å²) in [4.78, 5) is 53.8. The molecular formula is C29H36FN7O5. The number of aryl methyl sites for hydroxylation is 1. The van der Waals surface area contributed by atoms with Crippen molar-refractivity contribution in [2.75, 3.05) is 26.2 Å². The summed E-state index contributed by atoms with van der Waals surface area (Å²) >= 11 is 0. The molecule has 0 saturated carbocycles. The van der Waals surface area contributed by atoms with Gasteiger partial charge < -0.3 is 24.8 Å². The number of hydrogen-bond donors (Lipinski definition) is 2. The number of fused-ring (bicyclic) bond motifs is 3. The number of nitrogens with one attached hydrogen (secondary N) is 2. The summed E-state index contributed by atoms with van der Waals surface area (Å²) in [5.74, 6) is -1.80. The zero-order chi connectivity index (χ0) is 30.2. The Hall–Kier alpha value is -4.55. The Labute approximate surface area is 242 Å². The highest BCUT2D eigenvalue weighted by Gasteiger charge is 2.25. The van der Waals surface area contributed by atoms with E-state index in [1.807, 2.05) is 20.8 Å². The highest BCUT2D eigenvalue weighted by Crippen LogP contribution is 2.21. The third-order valence-corrected chi connectivity index (χ3v) is 6.87. The molecule has 0 saturated heterocycles. The van der Waals surface area contributed by atoms with Gasteiger partial charge in [0.2, 0.25) is 5.91 Å². The van der Waals surface area contributed by atoms with Crippen LogP contribution in [-0.2, 0) is 24.3 Å². The van der Waals surface area contributed by atoms with Gasteiger partial charge in [0, 0.05) is 56.6 Å². The maximum atomic E-state index is 14.1. The van der Waals surface area contributed by atoms with Crippen LogP contribution in [0.4, 0.5) is 4.39 Å². The minimum absolute atomic E-state index is 0.0290. The van der Waals surface area contributed by atoms with Gasteiger partial charge in [-0.15, -0.1) is 5.10 Å². The molecule has 42 heavy (non-hydrogen) atoms. The van der Waals surface area contributed by atoms with Gasteiger partial charge in [-0.25, -0.2) is 9.07 Å². The van der Waals surface area contributed by atoms with Gasteiger partial charge in [0.05, 0.1) is 17.8 Å². The number of ether oxygens (including phenoxy) is 1. The van der Waals surface area contributed by atoms with Crippen molar-refractivity contribution in [2.45, 2.75) is 52.7 Å². The predicted octanol–water partition coefficient (Wildman–Crippen LogP) is 1.64. The van der Waals surface area contributed by atoms with Gasteiger partial charge in [-0.05, 0) is 43.5 Å². The number of benzene rings is 1. The third kappa shape index (κ3) is 7.80.